The third-order valence-corrected chi connectivity index (χ3v) is 4.77. The van der Waals surface area contributed by atoms with E-state index in [2.05, 4.69) is 15.0 Å². The van der Waals surface area contributed by atoms with Crippen LogP contribution in [0.2, 0.25) is 0 Å². The van der Waals surface area contributed by atoms with Crippen LogP contribution >= 0.6 is 11.3 Å². The monoisotopic (exact) mass is 348 g/mol. The smallest absolute Gasteiger partial charge is 0.250 e. The van der Waals surface area contributed by atoms with Gasteiger partial charge in [-0.3, -0.25) is 9.59 Å². The summed E-state index contributed by atoms with van der Waals surface area (Å²) in [6.07, 6.45) is 3.11. The van der Waals surface area contributed by atoms with Gasteiger partial charge in [-0.05, 0) is 19.8 Å². The minimum atomic E-state index is -0.153. The van der Waals surface area contributed by atoms with Crippen molar-refractivity contribution in [2.75, 3.05) is 19.7 Å². The highest BCUT2D eigenvalue weighted by Gasteiger charge is 2.24. The molecule has 2 aromatic heterocycles. The molecule has 128 valence electrons. The number of nitrogens with zero attached hydrogens (tertiary/aromatic N) is 3. The quantitative estimate of drug-likeness (QED) is 0.869. The van der Waals surface area contributed by atoms with Crippen molar-refractivity contribution in [1.29, 1.82) is 0 Å². The van der Waals surface area contributed by atoms with Crippen molar-refractivity contribution in [3.8, 4) is 0 Å². The lowest BCUT2D eigenvalue weighted by Gasteiger charge is -2.33. The number of rotatable bonds is 5. The second-order valence-electron chi connectivity index (χ2n) is 5.81. The molecule has 7 nitrogen and oxygen atoms in total. The largest absolute Gasteiger partial charge is 0.375 e. The van der Waals surface area contributed by atoms with Gasteiger partial charge in [0, 0.05) is 30.2 Å². The number of nitrogens with one attached hydrogen (secondary N) is 1. The van der Waals surface area contributed by atoms with Crippen molar-refractivity contribution in [2.45, 2.75) is 32.3 Å². The average Bonchev–Trinajstić information content (AvgIpc) is 2.98. The summed E-state index contributed by atoms with van der Waals surface area (Å²) in [7, 11) is 0. The zero-order chi connectivity index (χ0) is 16.9. The Morgan fingerprint density at radius 1 is 1.50 bits per heavy atom. The number of H-pyrrole nitrogens is 1. The molecule has 0 aromatic carbocycles. The Labute approximate surface area is 143 Å². The van der Waals surface area contributed by atoms with Crippen LogP contribution in [0.5, 0.6) is 0 Å². The summed E-state index contributed by atoms with van der Waals surface area (Å²) in [5.74, 6) is 0.0860. The molecule has 3 heterocycles. The minimum absolute atomic E-state index is 0.0269. The van der Waals surface area contributed by atoms with Crippen LogP contribution in [0.3, 0.4) is 0 Å². The Morgan fingerprint density at radius 3 is 3.12 bits per heavy atom. The van der Waals surface area contributed by atoms with Gasteiger partial charge in [-0.2, -0.15) is 0 Å². The number of morpholine rings is 1. The second-order valence-corrected chi connectivity index (χ2v) is 6.87. The summed E-state index contributed by atoms with van der Waals surface area (Å²) in [5, 5.41) is 2.91. The Balaban J connectivity index is 1.52. The van der Waals surface area contributed by atoms with Gasteiger partial charge in [0.25, 0.3) is 5.56 Å². The van der Waals surface area contributed by atoms with Crippen molar-refractivity contribution in [2.24, 2.45) is 0 Å². The number of aryl methyl sites for hydroxylation is 2. The van der Waals surface area contributed by atoms with E-state index in [-0.39, 0.29) is 17.6 Å². The molecule has 1 saturated heterocycles. The summed E-state index contributed by atoms with van der Waals surface area (Å²) >= 11 is 1.56. The molecule has 1 N–H and O–H groups in total. The highest BCUT2D eigenvalue weighted by Crippen LogP contribution is 2.14. The molecule has 1 unspecified atom stereocenters. The number of thiazole rings is 1. The van der Waals surface area contributed by atoms with E-state index in [1.165, 1.54) is 12.4 Å². The summed E-state index contributed by atoms with van der Waals surface area (Å²) in [4.78, 5) is 36.5. The number of aromatic nitrogens is 3. The molecule has 1 aliphatic heterocycles. The van der Waals surface area contributed by atoms with E-state index >= 15 is 0 Å². The first-order chi connectivity index (χ1) is 11.6. The van der Waals surface area contributed by atoms with Gasteiger partial charge in [-0.1, -0.05) is 0 Å². The third kappa shape index (κ3) is 4.48. The Kier molecular flexibility index (Phi) is 5.37. The standard InChI is InChI=1S/C16H20N4O3S/c1-11-19-13(9-24-11)7-16(22)20-4-5-23-14(8-20)3-2-12-6-15(21)18-10-17-12/h6,9-10,14H,2-5,7-8H2,1H3,(H,17,18,21). The van der Waals surface area contributed by atoms with E-state index < -0.39 is 0 Å². The van der Waals surface area contributed by atoms with Gasteiger partial charge in [0.1, 0.15) is 0 Å². The highest BCUT2D eigenvalue weighted by molar-refractivity contribution is 7.09. The molecule has 0 spiro atoms. The van der Waals surface area contributed by atoms with E-state index in [1.807, 2.05) is 17.2 Å². The van der Waals surface area contributed by atoms with Crippen LogP contribution in [0, 0.1) is 6.92 Å². The van der Waals surface area contributed by atoms with E-state index in [0.29, 0.717) is 32.5 Å². The summed E-state index contributed by atoms with van der Waals surface area (Å²) in [6, 6.07) is 1.50. The highest BCUT2D eigenvalue weighted by atomic mass is 32.1. The fraction of sp³-hybridized carbons (Fsp3) is 0.500. The lowest BCUT2D eigenvalue weighted by Crippen LogP contribution is -2.46. The van der Waals surface area contributed by atoms with E-state index in [9.17, 15) is 9.59 Å². The van der Waals surface area contributed by atoms with Gasteiger partial charge in [0.15, 0.2) is 0 Å². The van der Waals surface area contributed by atoms with Crippen LogP contribution in [-0.2, 0) is 22.4 Å². The average molecular weight is 348 g/mol. The molecule has 1 fully saturated rings. The first-order valence-corrected chi connectivity index (χ1v) is 8.82. The fourth-order valence-corrected chi connectivity index (χ4v) is 3.34. The van der Waals surface area contributed by atoms with Crippen molar-refractivity contribution in [3.63, 3.8) is 0 Å². The minimum Gasteiger partial charge on any atom is -0.375 e. The number of aromatic amines is 1. The van der Waals surface area contributed by atoms with E-state index in [4.69, 9.17) is 4.74 Å². The van der Waals surface area contributed by atoms with Crippen molar-refractivity contribution in [3.05, 3.63) is 44.5 Å². The maximum Gasteiger partial charge on any atom is 0.250 e. The van der Waals surface area contributed by atoms with Crippen LogP contribution in [0.4, 0.5) is 0 Å². The summed E-state index contributed by atoms with van der Waals surface area (Å²) in [5.41, 5.74) is 1.42. The first-order valence-electron chi connectivity index (χ1n) is 7.94. The Hall–Kier alpha value is -2.06. The number of carbonyl (C=O) groups excluding carboxylic acids is 1. The predicted octanol–water partition coefficient (Wildman–Crippen LogP) is 0.938. The lowest BCUT2D eigenvalue weighted by atomic mass is 10.1. The van der Waals surface area contributed by atoms with E-state index in [0.717, 1.165) is 22.8 Å². The van der Waals surface area contributed by atoms with Crippen LogP contribution in [0.15, 0.2) is 22.6 Å². The maximum absolute atomic E-state index is 12.4. The van der Waals surface area contributed by atoms with Gasteiger partial charge < -0.3 is 14.6 Å². The third-order valence-electron chi connectivity index (χ3n) is 3.95. The SMILES string of the molecule is Cc1nc(CC(=O)N2CCOC(CCc3cc(=O)[nH]cn3)C2)cs1. The number of hydrogen-bond donors (Lipinski definition) is 1. The van der Waals surface area contributed by atoms with Crippen LogP contribution in [0.1, 0.15) is 22.8 Å². The molecular weight excluding hydrogens is 328 g/mol. The molecule has 1 atom stereocenters. The first kappa shape index (κ1) is 16.8. The fourth-order valence-electron chi connectivity index (χ4n) is 2.73. The predicted molar refractivity (Wildman–Crippen MR) is 90.1 cm³/mol. The number of amides is 1. The molecule has 3 rings (SSSR count). The van der Waals surface area contributed by atoms with Crippen LogP contribution in [-0.4, -0.2) is 51.6 Å². The molecule has 0 bridgehead atoms. The zero-order valence-corrected chi connectivity index (χ0v) is 14.3. The Bertz CT molecular complexity index is 758. The number of ether oxygens (including phenoxy) is 1. The number of hydrogen-bond acceptors (Lipinski definition) is 6. The van der Waals surface area contributed by atoms with Crippen molar-refractivity contribution >= 4 is 17.2 Å². The molecule has 1 aliphatic rings. The van der Waals surface area contributed by atoms with Gasteiger partial charge in [-0.25, -0.2) is 9.97 Å². The van der Waals surface area contributed by atoms with Gasteiger partial charge in [-0.15, -0.1) is 11.3 Å². The molecule has 1 amide bonds. The molecule has 0 radical (unpaired) electrons. The summed E-state index contributed by atoms with van der Waals surface area (Å²) < 4.78 is 5.74. The van der Waals surface area contributed by atoms with Gasteiger partial charge >= 0.3 is 0 Å². The number of carbonyl (C=O) groups is 1. The summed E-state index contributed by atoms with van der Waals surface area (Å²) in [6.45, 7) is 3.66. The molecule has 24 heavy (non-hydrogen) atoms. The van der Waals surface area contributed by atoms with Crippen LogP contribution < -0.4 is 5.56 Å². The topological polar surface area (TPSA) is 88.2 Å². The van der Waals surface area contributed by atoms with Gasteiger partial charge in [0.05, 0.1) is 36.2 Å². The van der Waals surface area contributed by atoms with E-state index in [1.54, 1.807) is 11.3 Å². The molecule has 0 aliphatic carbocycles. The Morgan fingerprint density at radius 2 is 2.38 bits per heavy atom. The van der Waals surface area contributed by atoms with Crippen LogP contribution in [0.25, 0.3) is 0 Å². The molecular formula is C16H20N4O3S. The van der Waals surface area contributed by atoms with Crippen molar-refractivity contribution < 1.29 is 9.53 Å². The molecule has 2 aromatic rings. The van der Waals surface area contributed by atoms with Crippen molar-refractivity contribution in [1.82, 2.24) is 19.9 Å². The maximum atomic E-state index is 12.4. The molecule has 0 saturated carbocycles. The lowest BCUT2D eigenvalue weighted by molar-refractivity contribution is -0.138. The second kappa shape index (κ2) is 7.67. The zero-order valence-electron chi connectivity index (χ0n) is 13.5. The normalized spacial score (nSPS) is 17.9. The van der Waals surface area contributed by atoms with Gasteiger partial charge in [0.2, 0.25) is 5.91 Å². The molecule has 8 heteroatoms.